The van der Waals surface area contributed by atoms with Crippen LogP contribution in [-0.4, -0.2) is 28.9 Å². The van der Waals surface area contributed by atoms with Gasteiger partial charge < -0.3 is 0 Å². The van der Waals surface area contributed by atoms with Crippen molar-refractivity contribution < 1.29 is 8.78 Å². The summed E-state index contributed by atoms with van der Waals surface area (Å²) in [5.74, 6) is 3.52. The molecule has 3 rings (SSSR count). The van der Waals surface area contributed by atoms with Gasteiger partial charge in [0.25, 0.3) is 5.92 Å². The Hall–Kier alpha value is -1.77. The maximum absolute atomic E-state index is 12.7. The molecule has 0 amide bonds. The molecule has 1 aromatic heterocycles. The van der Waals surface area contributed by atoms with Gasteiger partial charge >= 0.3 is 0 Å². The SMILES string of the molecule is FC1(F)CN(Cc2cnc(C#Cc3ccccc3)s2)C1. The van der Waals surface area contributed by atoms with Crippen molar-refractivity contribution in [3.8, 4) is 11.8 Å². The summed E-state index contributed by atoms with van der Waals surface area (Å²) in [6, 6.07) is 9.67. The highest BCUT2D eigenvalue weighted by atomic mass is 32.1. The van der Waals surface area contributed by atoms with Crippen LogP contribution in [0.15, 0.2) is 36.5 Å². The van der Waals surface area contributed by atoms with E-state index in [0.29, 0.717) is 6.54 Å². The minimum absolute atomic E-state index is 0.157. The molecule has 1 aliphatic heterocycles. The van der Waals surface area contributed by atoms with Crippen LogP contribution in [0.25, 0.3) is 0 Å². The monoisotopic (exact) mass is 290 g/mol. The zero-order valence-corrected chi connectivity index (χ0v) is 11.5. The fourth-order valence-corrected chi connectivity index (χ4v) is 2.83. The molecule has 0 radical (unpaired) electrons. The van der Waals surface area contributed by atoms with Gasteiger partial charge in [-0.15, -0.1) is 11.3 Å². The van der Waals surface area contributed by atoms with E-state index in [1.807, 2.05) is 30.3 Å². The second-order valence-electron chi connectivity index (χ2n) is 4.75. The standard InChI is InChI=1S/C15H12F2N2S/c16-15(17)10-19(11-15)9-13-8-18-14(20-13)7-6-12-4-2-1-3-5-12/h1-5,8H,9-11H2. The van der Waals surface area contributed by atoms with Crippen LogP contribution in [0, 0.1) is 11.8 Å². The maximum Gasteiger partial charge on any atom is 0.272 e. The average Bonchev–Trinajstić information content (AvgIpc) is 2.83. The number of benzene rings is 1. The summed E-state index contributed by atoms with van der Waals surface area (Å²) >= 11 is 1.46. The second-order valence-corrected chi connectivity index (χ2v) is 5.86. The fraction of sp³-hybridized carbons (Fsp3) is 0.267. The van der Waals surface area contributed by atoms with E-state index in [-0.39, 0.29) is 13.1 Å². The van der Waals surface area contributed by atoms with Crippen molar-refractivity contribution in [1.29, 1.82) is 0 Å². The number of hydrogen-bond acceptors (Lipinski definition) is 3. The third-order valence-corrected chi connectivity index (χ3v) is 3.83. The number of hydrogen-bond donors (Lipinski definition) is 0. The number of alkyl halides is 2. The Morgan fingerprint density at radius 3 is 2.65 bits per heavy atom. The zero-order chi connectivity index (χ0) is 14.0. The Bertz CT molecular complexity index is 647. The highest BCUT2D eigenvalue weighted by Crippen LogP contribution is 2.28. The van der Waals surface area contributed by atoms with Gasteiger partial charge in [-0.1, -0.05) is 24.1 Å². The molecule has 0 aliphatic carbocycles. The van der Waals surface area contributed by atoms with Gasteiger partial charge in [0.05, 0.1) is 13.1 Å². The Balaban J connectivity index is 1.62. The molecule has 0 bridgehead atoms. The summed E-state index contributed by atoms with van der Waals surface area (Å²) in [6.07, 6.45) is 1.72. The largest absolute Gasteiger partial charge is 0.286 e. The normalized spacial score (nSPS) is 17.1. The van der Waals surface area contributed by atoms with Crippen molar-refractivity contribution in [1.82, 2.24) is 9.88 Å². The molecule has 2 heterocycles. The van der Waals surface area contributed by atoms with Crippen molar-refractivity contribution in [2.45, 2.75) is 12.5 Å². The van der Waals surface area contributed by atoms with Crippen molar-refractivity contribution in [3.05, 3.63) is 52.0 Å². The molecule has 0 N–H and O–H groups in total. The molecule has 0 saturated carbocycles. The van der Waals surface area contributed by atoms with Crippen molar-refractivity contribution in [2.24, 2.45) is 0 Å². The van der Waals surface area contributed by atoms with Crippen molar-refractivity contribution >= 4 is 11.3 Å². The number of halogens is 2. The van der Waals surface area contributed by atoms with E-state index in [1.54, 1.807) is 11.1 Å². The van der Waals surface area contributed by atoms with Gasteiger partial charge in [0.1, 0.15) is 0 Å². The molecule has 1 fully saturated rings. The lowest BCUT2D eigenvalue weighted by molar-refractivity contribution is -0.133. The Morgan fingerprint density at radius 2 is 1.95 bits per heavy atom. The van der Waals surface area contributed by atoms with Crippen LogP contribution in [0.3, 0.4) is 0 Å². The molecule has 5 heteroatoms. The summed E-state index contributed by atoms with van der Waals surface area (Å²) in [6.45, 7) is 0.214. The van der Waals surface area contributed by atoms with Crippen LogP contribution < -0.4 is 0 Å². The van der Waals surface area contributed by atoms with Gasteiger partial charge in [-0.25, -0.2) is 13.8 Å². The first-order valence-corrected chi connectivity index (χ1v) is 7.04. The molecule has 2 nitrogen and oxygen atoms in total. The Kier molecular flexibility index (Phi) is 3.51. The predicted octanol–water partition coefficient (Wildman–Crippen LogP) is 2.99. The first kappa shape index (κ1) is 13.2. The zero-order valence-electron chi connectivity index (χ0n) is 10.6. The van der Waals surface area contributed by atoms with Crippen molar-refractivity contribution in [3.63, 3.8) is 0 Å². The molecule has 1 aliphatic rings. The summed E-state index contributed by atoms with van der Waals surface area (Å²) in [5, 5.41) is 0.719. The average molecular weight is 290 g/mol. The molecule has 0 spiro atoms. The quantitative estimate of drug-likeness (QED) is 0.790. The van der Waals surface area contributed by atoms with Crippen molar-refractivity contribution in [2.75, 3.05) is 13.1 Å². The summed E-state index contributed by atoms with van der Waals surface area (Å²) < 4.78 is 25.5. The molecule has 20 heavy (non-hydrogen) atoms. The van der Waals surface area contributed by atoms with Gasteiger partial charge in [0.15, 0.2) is 5.01 Å². The molecule has 1 saturated heterocycles. The van der Waals surface area contributed by atoms with Crippen LogP contribution in [0.2, 0.25) is 0 Å². The first-order valence-electron chi connectivity index (χ1n) is 6.23. The van der Waals surface area contributed by atoms with Gasteiger partial charge in [0.2, 0.25) is 0 Å². The van der Waals surface area contributed by atoms with Gasteiger partial charge in [-0.05, 0) is 18.1 Å². The smallest absolute Gasteiger partial charge is 0.272 e. The highest BCUT2D eigenvalue weighted by molar-refractivity contribution is 7.12. The van der Waals surface area contributed by atoms with Crippen LogP contribution in [0.1, 0.15) is 15.4 Å². The number of thiazole rings is 1. The van der Waals surface area contributed by atoms with E-state index in [4.69, 9.17) is 0 Å². The molecule has 1 aromatic carbocycles. The summed E-state index contributed by atoms with van der Waals surface area (Å²) in [7, 11) is 0. The predicted molar refractivity (Wildman–Crippen MR) is 74.8 cm³/mol. The van der Waals surface area contributed by atoms with Gasteiger partial charge in [-0.2, -0.15) is 0 Å². The Morgan fingerprint density at radius 1 is 1.20 bits per heavy atom. The Labute approximate surface area is 120 Å². The van der Waals surface area contributed by atoms with E-state index >= 15 is 0 Å². The lowest BCUT2D eigenvalue weighted by Crippen LogP contribution is -2.55. The molecule has 0 atom stereocenters. The molecule has 102 valence electrons. The number of aromatic nitrogens is 1. The van der Waals surface area contributed by atoms with E-state index in [2.05, 4.69) is 16.8 Å². The van der Waals surface area contributed by atoms with E-state index in [9.17, 15) is 8.78 Å². The molecule has 0 unspecified atom stereocenters. The lowest BCUT2D eigenvalue weighted by atomic mass is 10.1. The second kappa shape index (κ2) is 5.31. The number of likely N-dealkylation sites (tertiary alicyclic amines) is 1. The molecular formula is C15H12F2N2S. The summed E-state index contributed by atoms with van der Waals surface area (Å²) in [4.78, 5) is 6.89. The van der Waals surface area contributed by atoms with E-state index < -0.39 is 5.92 Å². The highest BCUT2D eigenvalue weighted by Gasteiger charge is 2.43. The molecule has 2 aromatic rings. The topological polar surface area (TPSA) is 16.1 Å². The number of nitrogens with zero attached hydrogens (tertiary/aromatic N) is 2. The minimum atomic E-state index is -2.51. The minimum Gasteiger partial charge on any atom is -0.286 e. The van der Waals surface area contributed by atoms with Gasteiger partial charge in [0, 0.05) is 23.2 Å². The fourth-order valence-electron chi connectivity index (χ4n) is 2.03. The van der Waals surface area contributed by atoms with Gasteiger partial charge in [-0.3, -0.25) is 4.90 Å². The van der Waals surface area contributed by atoms with Crippen LogP contribution in [0.5, 0.6) is 0 Å². The first-order chi connectivity index (χ1) is 9.61. The van der Waals surface area contributed by atoms with Crippen LogP contribution in [-0.2, 0) is 6.54 Å². The van der Waals surface area contributed by atoms with Crippen LogP contribution in [0.4, 0.5) is 8.78 Å². The van der Waals surface area contributed by atoms with E-state index in [1.165, 1.54) is 11.3 Å². The third kappa shape index (κ3) is 3.21. The van der Waals surface area contributed by atoms with Crippen LogP contribution >= 0.6 is 11.3 Å². The number of rotatable bonds is 2. The lowest BCUT2D eigenvalue weighted by Gasteiger charge is -2.38. The summed E-state index contributed by atoms with van der Waals surface area (Å²) in [5.41, 5.74) is 0.937. The molecular weight excluding hydrogens is 278 g/mol. The van der Waals surface area contributed by atoms with E-state index in [0.717, 1.165) is 15.4 Å². The third-order valence-electron chi connectivity index (χ3n) is 2.93. The maximum atomic E-state index is 12.7.